The first kappa shape index (κ1) is 15.3. The molecule has 112 valence electrons. The summed E-state index contributed by atoms with van der Waals surface area (Å²) >= 11 is 0.569. The van der Waals surface area contributed by atoms with E-state index in [4.69, 9.17) is 0 Å². The zero-order chi connectivity index (χ0) is 15.1. The molecule has 1 aromatic heterocycles. The molecule has 0 bridgehead atoms. The van der Waals surface area contributed by atoms with Crippen molar-refractivity contribution in [3.63, 3.8) is 0 Å². The number of thiazole rings is 1. The van der Waals surface area contributed by atoms with Crippen LogP contribution in [0.3, 0.4) is 0 Å². The Morgan fingerprint density at radius 2 is 2.15 bits per heavy atom. The van der Waals surface area contributed by atoms with Crippen LogP contribution in [0.2, 0.25) is 0 Å². The van der Waals surface area contributed by atoms with Gasteiger partial charge in [-0.2, -0.15) is 13.2 Å². The lowest BCUT2D eigenvalue weighted by Gasteiger charge is -2.38. The molecule has 1 aromatic rings. The molecule has 2 atom stereocenters. The maximum Gasteiger partial charge on any atom is 0.443 e. The third-order valence-corrected chi connectivity index (χ3v) is 5.01. The molecular formula is C13H16F3NO2S. The van der Waals surface area contributed by atoms with Gasteiger partial charge in [0, 0.05) is 17.0 Å². The highest BCUT2D eigenvalue weighted by Crippen LogP contribution is 2.48. The molecule has 2 rings (SSSR count). The SMILES string of the molecule is CC1(C)CCC(C(=O)O)C(c2cnc(C(F)(F)F)s2)C1. The smallest absolute Gasteiger partial charge is 0.443 e. The second-order valence-corrected chi connectivity index (χ2v) is 7.09. The van der Waals surface area contributed by atoms with Crippen LogP contribution in [-0.4, -0.2) is 16.1 Å². The summed E-state index contributed by atoms with van der Waals surface area (Å²) in [4.78, 5) is 15.1. The number of hydrogen-bond acceptors (Lipinski definition) is 3. The summed E-state index contributed by atoms with van der Waals surface area (Å²) < 4.78 is 37.8. The van der Waals surface area contributed by atoms with Gasteiger partial charge in [0.05, 0.1) is 5.92 Å². The summed E-state index contributed by atoms with van der Waals surface area (Å²) in [5.74, 6) is -1.94. The number of alkyl halides is 3. The Balaban J connectivity index is 2.31. The topological polar surface area (TPSA) is 50.2 Å². The predicted octanol–water partition coefficient (Wildman–Crippen LogP) is 4.16. The van der Waals surface area contributed by atoms with Gasteiger partial charge in [0.1, 0.15) is 0 Å². The van der Waals surface area contributed by atoms with Crippen molar-refractivity contribution in [2.45, 2.75) is 45.2 Å². The molecule has 1 aliphatic carbocycles. The van der Waals surface area contributed by atoms with Crippen LogP contribution in [0.5, 0.6) is 0 Å². The second kappa shape index (κ2) is 5.02. The van der Waals surface area contributed by atoms with Gasteiger partial charge in [-0.3, -0.25) is 4.79 Å². The van der Waals surface area contributed by atoms with E-state index in [0.29, 0.717) is 29.1 Å². The van der Waals surface area contributed by atoms with E-state index in [-0.39, 0.29) is 11.3 Å². The predicted molar refractivity (Wildman–Crippen MR) is 68.6 cm³/mol. The lowest BCUT2D eigenvalue weighted by atomic mass is 9.67. The van der Waals surface area contributed by atoms with Crippen molar-refractivity contribution >= 4 is 17.3 Å². The molecule has 1 fully saturated rings. The minimum Gasteiger partial charge on any atom is -0.481 e. The highest BCUT2D eigenvalue weighted by Gasteiger charge is 2.42. The van der Waals surface area contributed by atoms with E-state index >= 15 is 0 Å². The quantitative estimate of drug-likeness (QED) is 0.892. The summed E-state index contributed by atoms with van der Waals surface area (Å²) in [5.41, 5.74) is -0.0565. The van der Waals surface area contributed by atoms with Gasteiger partial charge in [-0.05, 0) is 24.7 Å². The van der Waals surface area contributed by atoms with Crippen LogP contribution in [0, 0.1) is 11.3 Å². The number of nitrogens with zero attached hydrogens (tertiary/aromatic N) is 1. The molecule has 0 amide bonds. The first-order valence-corrected chi connectivity index (χ1v) is 7.17. The van der Waals surface area contributed by atoms with Gasteiger partial charge in [0.15, 0.2) is 5.01 Å². The van der Waals surface area contributed by atoms with Crippen LogP contribution < -0.4 is 0 Å². The number of carboxylic acid groups (broad SMARTS) is 1. The van der Waals surface area contributed by atoms with Crippen LogP contribution in [0.4, 0.5) is 13.2 Å². The van der Waals surface area contributed by atoms with Crippen LogP contribution >= 0.6 is 11.3 Å². The van der Waals surface area contributed by atoms with E-state index < -0.39 is 23.1 Å². The van der Waals surface area contributed by atoms with Crippen molar-refractivity contribution in [3.05, 3.63) is 16.1 Å². The maximum absolute atomic E-state index is 12.6. The van der Waals surface area contributed by atoms with Crippen LogP contribution in [0.15, 0.2) is 6.20 Å². The van der Waals surface area contributed by atoms with Crippen molar-refractivity contribution in [2.75, 3.05) is 0 Å². The summed E-state index contributed by atoms with van der Waals surface area (Å²) in [7, 11) is 0. The van der Waals surface area contributed by atoms with Gasteiger partial charge >= 0.3 is 12.1 Å². The normalized spacial score (nSPS) is 26.4. The third-order valence-electron chi connectivity index (χ3n) is 3.84. The standard InChI is InChI=1S/C13H16F3NO2S/c1-12(2)4-3-7(10(18)19)8(5-12)9-6-17-11(20-9)13(14,15)16/h6-8H,3-5H2,1-2H3,(H,18,19). The highest BCUT2D eigenvalue weighted by molar-refractivity contribution is 7.11. The minimum atomic E-state index is -4.47. The van der Waals surface area contributed by atoms with Gasteiger partial charge in [0.25, 0.3) is 0 Å². The Bertz CT molecular complexity index is 510. The molecule has 20 heavy (non-hydrogen) atoms. The minimum absolute atomic E-state index is 0.0565. The molecule has 2 unspecified atom stereocenters. The molecule has 0 aromatic carbocycles. The first-order chi connectivity index (χ1) is 9.10. The molecule has 1 heterocycles. The second-order valence-electron chi connectivity index (χ2n) is 6.02. The molecule has 1 N–H and O–H groups in total. The fraction of sp³-hybridized carbons (Fsp3) is 0.692. The Hall–Kier alpha value is -1.11. The lowest BCUT2D eigenvalue weighted by molar-refractivity contribution is -0.144. The largest absolute Gasteiger partial charge is 0.481 e. The van der Waals surface area contributed by atoms with Gasteiger partial charge in [-0.1, -0.05) is 13.8 Å². The van der Waals surface area contributed by atoms with Gasteiger partial charge in [0.2, 0.25) is 0 Å². The molecule has 1 saturated carbocycles. The molecular weight excluding hydrogens is 291 g/mol. The Morgan fingerprint density at radius 1 is 1.50 bits per heavy atom. The van der Waals surface area contributed by atoms with E-state index in [1.807, 2.05) is 13.8 Å². The summed E-state index contributed by atoms with van der Waals surface area (Å²) in [5, 5.41) is 8.37. The highest BCUT2D eigenvalue weighted by atomic mass is 32.1. The Morgan fingerprint density at radius 3 is 2.65 bits per heavy atom. The first-order valence-electron chi connectivity index (χ1n) is 6.36. The van der Waals surface area contributed by atoms with E-state index in [1.54, 1.807) is 0 Å². The molecule has 7 heteroatoms. The van der Waals surface area contributed by atoms with Gasteiger partial charge in [-0.25, -0.2) is 4.98 Å². The fourth-order valence-electron chi connectivity index (χ4n) is 2.77. The van der Waals surface area contributed by atoms with Crippen molar-refractivity contribution < 1.29 is 23.1 Å². The van der Waals surface area contributed by atoms with E-state index in [9.17, 15) is 23.1 Å². The Labute approximate surface area is 118 Å². The zero-order valence-electron chi connectivity index (χ0n) is 11.2. The molecule has 1 aliphatic rings. The summed E-state index contributed by atoms with van der Waals surface area (Å²) in [6, 6.07) is 0. The van der Waals surface area contributed by atoms with Crippen molar-refractivity contribution in [1.82, 2.24) is 4.98 Å². The number of carbonyl (C=O) groups is 1. The zero-order valence-corrected chi connectivity index (χ0v) is 12.0. The van der Waals surface area contributed by atoms with E-state index in [0.717, 1.165) is 6.42 Å². The average molecular weight is 307 g/mol. The molecule has 0 radical (unpaired) electrons. The number of halogens is 3. The third kappa shape index (κ3) is 3.13. The van der Waals surface area contributed by atoms with Crippen LogP contribution in [-0.2, 0) is 11.0 Å². The molecule has 0 spiro atoms. The van der Waals surface area contributed by atoms with Crippen molar-refractivity contribution in [1.29, 1.82) is 0 Å². The van der Waals surface area contributed by atoms with Crippen LogP contribution in [0.1, 0.15) is 48.9 Å². The van der Waals surface area contributed by atoms with Crippen LogP contribution in [0.25, 0.3) is 0 Å². The average Bonchev–Trinajstić information content (AvgIpc) is 2.75. The molecule has 0 saturated heterocycles. The van der Waals surface area contributed by atoms with E-state index in [1.165, 1.54) is 6.20 Å². The Kier molecular flexibility index (Phi) is 3.83. The van der Waals surface area contributed by atoms with Crippen molar-refractivity contribution in [2.24, 2.45) is 11.3 Å². The van der Waals surface area contributed by atoms with Crippen molar-refractivity contribution in [3.8, 4) is 0 Å². The van der Waals surface area contributed by atoms with Gasteiger partial charge < -0.3 is 5.11 Å². The fourth-order valence-corrected chi connectivity index (χ4v) is 3.72. The summed E-state index contributed by atoms with van der Waals surface area (Å²) in [6.45, 7) is 4.04. The molecule has 0 aliphatic heterocycles. The van der Waals surface area contributed by atoms with E-state index in [2.05, 4.69) is 4.98 Å². The number of carboxylic acids is 1. The monoisotopic (exact) mass is 307 g/mol. The number of rotatable bonds is 2. The number of aliphatic carboxylic acids is 1. The summed E-state index contributed by atoms with van der Waals surface area (Å²) in [6.07, 6.45) is -1.44. The molecule has 3 nitrogen and oxygen atoms in total. The van der Waals surface area contributed by atoms with Gasteiger partial charge in [-0.15, -0.1) is 11.3 Å². The maximum atomic E-state index is 12.6. The lowest BCUT2D eigenvalue weighted by Crippen LogP contribution is -2.32. The number of hydrogen-bond donors (Lipinski definition) is 1. The number of aromatic nitrogens is 1.